The number of nitrogens with zero attached hydrogens (tertiary/aromatic N) is 1. The molecule has 0 unspecified atom stereocenters. The number of hydrogen-bond donors (Lipinski definition) is 1. The highest BCUT2D eigenvalue weighted by molar-refractivity contribution is 5.89. The molecule has 3 aromatic rings. The average molecular weight is 559 g/mol. The van der Waals surface area contributed by atoms with Crippen LogP contribution in [0.4, 0.5) is 0 Å². The molecule has 6 rings (SSSR count). The van der Waals surface area contributed by atoms with Gasteiger partial charge in [0.1, 0.15) is 11.5 Å². The van der Waals surface area contributed by atoms with Crippen LogP contribution in [-0.4, -0.2) is 52.1 Å². The first kappa shape index (κ1) is 26.8. The quantitative estimate of drug-likeness (QED) is 0.447. The molecule has 0 aliphatic carbocycles. The topological polar surface area (TPSA) is 87.7 Å². The van der Waals surface area contributed by atoms with E-state index < -0.39 is 12.1 Å². The molecule has 1 N–H and O–H groups in total. The molecule has 9 nitrogen and oxygen atoms in total. The monoisotopic (exact) mass is 558 g/mol. The number of carbonyl (C=O) groups is 1. The van der Waals surface area contributed by atoms with Crippen LogP contribution in [-0.2, 0) is 17.8 Å². The van der Waals surface area contributed by atoms with E-state index in [0.29, 0.717) is 47.5 Å². The number of benzene rings is 3. The van der Waals surface area contributed by atoms with Crippen LogP contribution < -0.4 is 33.7 Å². The molecular formula is C32H34N2O7. The Morgan fingerprint density at radius 3 is 2.32 bits per heavy atom. The van der Waals surface area contributed by atoms with Gasteiger partial charge in [-0.3, -0.25) is 10.1 Å². The fourth-order valence-electron chi connectivity index (χ4n) is 6.37. The second-order valence-electron chi connectivity index (χ2n) is 10.3. The maximum absolute atomic E-state index is 14.2. The highest BCUT2D eigenvalue weighted by Gasteiger charge is 2.46. The maximum Gasteiger partial charge on any atom is 0.244 e. The van der Waals surface area contributed by atoms with Gasteiger partial charge in [0, 0.05) is 39.9 Å². The van der Waals surface area contributed by atoms with Gasteiger partial charge in [0.2, 0.25) is 12.7 Å². The molecule has 0 saturated carbocycles. The number of rotatable bonds is 7. The van der Waals surface area contributed by atoms with Gasteiger partial charge < -0.3 is 33.3 Å². The van der Waals surface area contributed by atoms with Crippen molar-refractivity contribution in [3.05, 3.63) is 75.5 Å². The maximum atomic E-state index is 14.2. The number of carbonyl (C=O) groups excluding carboxylic acids is 1. The van der Waals surface area contributed by atoms with Gasteiger partial charge in [0.05, 0.1) is 47.1 Å². The molecule has 3 heterocycles. The van der Waals surface area contributed by atoms with E-state index in [-0.39, 0.29) is 12.7 Å². The standard InChI is InChI=1S/C32H34N2O7/c1-17-27(36-3)20(13-24-29(17)41-16-40-24)12-23-26-25-21(28(37-4)18(2)30(38-5)31(25)39-6)14-22(33-26)32(35)34(23)15-19-10-8-7-9-11-19/h7-13,22,26,33H,14-16H2,1-6H3/b23-12+/t22-,26-/m0/s1. The summed E-state index contributed by atoms with van der Waals surface area (Å²) in [4.78, 5) is 16.0. The minimum absolute atomic E-state index is 0.0204. The summed E-state index contributed by atoms with van der Waals surface area (Å²) in [5, 5.41) is 3.60. The van der Waals surface area contributed by atoms with Crippen molar-refractivity contribution >= 4 is 12.0 Å². The second kappa shape index (κ2) is 10.6. The molecule has 1 amide bonds. The fraction of sp³-hybridized carbons (Fsp3) is 0.344. The van der Waals surface area contributed by atoms with E-state index in [2.05, 4.69) is 5.32 Å². The van der Waals surface area contributed by atoms with E-state index in [4.69, 9.17) is 28.4 Å². The Bertz CT molecular complexity index is 1550. The molecule has 2 atom stereocenters. The highest BCUT2D eigenvalue weighted by Crippen LogP contribution is 2.52. The SMILES string of the molecule is COc1c(/C=C2\[C@@H]3N[C@@H](Cc4c(OC)c(C)c(OC)c(OC)c43)C(=O)N2Cc2ccccc2)cc2c(c1C)OCO2. The van der Waals surface area contributed by atoms with Gasteiger partial charge in [0.15, 0.2) is 23.0 Å². The van der Waals surface area contributed by atoms with Crippen LogP contribution in [0.25, 0.3) is 6.08 Å². The van der Waals surface area contributed by atoms with Crippen molar-refractivity contribution in [1.29, 1.82) is 0 Å². The van der Waals surface area contributed by atoms with Gasteiger partial charge in [-0.15, -0.1) is 0 Å². The van der Waals surface area contributed by atoms with Crippen LogP contribution in [0.3, 0.4) is 0 Å². The molecule has 3 aliphatic heterocycles. The minimum atomic E-state index is -0.444. The largest absolute Gasteiger partial charge is 0.496 e. The predicted octanol–water partition coefficient (Wildman–Crippen LogP) is 4.71. The van der Waals surface area contributed by atoms with Crippen LogP contribution >= 0.6 is 0 Å². The summed E-state index contributed by atoms with van der Waals surface area (Å²) >= 11 is 0. The zero-order valence-electron chi connectivity index (χ0n) is 24.1. The first-order valence-electron chi connectivity index (χ1n) is 13.5. The summed E-state index contributed by atoms with van der Waals surface area (Å²) in [5.74, 6) is 3.85. The normalized spacial score (nSPS) is 19.7. The van der Waals surface area contributed by atoms with E-state index >= 15 is 0 Å². The average Bonchev–Trinajstić information content (AvgIpc) is 3.46. The van der Waals surface area contributed by atoms with E-state index in [1.54, 1.807) is 28.4 Å². The minimum Gasteiger partial charge on any atom is -0.496 e. The molecule has 9 heteroatoms. The van der Waals surface area contributed by atoms with E-state index in [0.717, 1.165) is 39.1 Å². The lowest BCUT2D eigenvalue weighted by molar-refractivity contribution is -0.135. The van der Waals surface area contributed by atoms with Gasteiger partial charge in [0.25, 0.3) is 0 Å². The second-order valence-corrected chi connectivity index (χ2v) is 10.3. The van der Waals surface area contributed by atoms with Crippen molar-refractivity contribution in [2.24, 2.45) is 0 Å². The first-order chi connectivity index (χ1) is 19.9. The Morgan fingerprint density at radius 1 is 0.927 bits per heavy atom. The summed E-state index contributed by atoms with van der Waals surface area (Å²) in [7, 11) is 6.54. The third kappa shape index (κ3) is 4.23. The Kier molecular flexibility index (Phi) is 6.91. The van der Waals surface area contributed by atoms with Gasteiger partial charge in [-0.1, -0.05) is 30.3 Å². The molecule has 0 radical (unpaired) electrons. The molecular weight excluding hydrogens is 524 g/mol. The Hall–Kier alpha value is -4.37. The summed E-state index contributed by atoms with van der Waals surface area (Å²) < 4.78 is 35.0. The zero-order valence-corrected chi connectivity index (χ0v) is 24.1. The molecule has 1 saturated heterocycles. The molecule has 214 valence electrons. The van der Waals surface area contributed by atoms with Gasteiger partial charge in [-0.25, -0.2) is 0 Å². The summed E-state index contributed by atoms with van der Waals surface area (Å²) in [6.07, 6.45) is 2.45. The van der Waals surface area contributed by atoms with Gasteiger partial charge in [-0.2, -0.15) is 0 Å². The summed E-state index contributed by atoms with van der Waals surface area (Å²) in [5.41, 5.74) is 6.02. The van der Waals surface area contributed by atoms with E-state index in [1.807, 2.05) is 61.2 Å². The predicted molar refractivity (Wildman–Crippen MR) is 153 cm³/mol. The number of piperazine rings is 1. The van der Waals surface area contributed by atoms with Gasteiger partial charge in [-0.05, 0) is 31.6 Å². The van der Waals surface area contributed by atoms with Crippen LogP contribution in [0, 0.1) is 13.8 Å². The summed E-state index contributed by atoms with van der Waals surface area (Å²) in [6.45, 7) is 4.43. The number of fused-ring (bicyclic) bond motifs is 5. The lowest BCUT2D eigenvalue weighted by atomic mass is 9.81. The lowest BCUT2D eigenvalue weighted by Crippen LogP contribution is -2.57. The van der Waals surface area contributed by atoms with Crippen LogP contribution in [0.1, 0.15) is 39.4 Å². The van der Waals surface area contributed by atoms with E-state index in [1.165, 1.54) is 0 Å². The Labute approximate surface area is 239 Å². The van der Waals surface area contributed by atoms with Crippen molar-refractivity contribution in [2.45, 2.75) is 38.9 Å². The van der Waals surface area contributed by atoms with Crippen molar-refractivity contribution in [1.82, 2.24) is 10.2 Å². The van der Waals surface area contributed by atoms with Crippen molar-refractivity contribution in [2.75, 3.05) is 35.2 Å². The molecule has 0 aromatic heterocycles. The van der Waals surface area contributed by atoms with Crippen LogP contribution in [0.5, 0.6) is 34.5 Å². The number of methoxy groups -OCH3 is 4. The number of hydrogen-bond acceptors (Lipinski definition) is 8. The summed E-state index contributed by atoms with van der Waals surface area (Å²) in [6, 6.07) is 11.0. The third-order valence-electron chi connectivity index (χ3n) is 8.14. The number of nitrogens with one attached hydrogen (secondary N) is 1. The lowest BCUT2D eigenvalue weighted by Gasteiger charge is -2.45. The smallest absolute Gasteiger partial charge is 0.244 e. The molecule has 2 bridgehead atoms. The highest BCUT2D eigenvalue weighted by atomic mass is 16.7. The first-order valence-corrected chi connectivity index (χ1v) is 13.5. The Balaban J connectivity index is 1.61. The molecule has 41 heavy (non-hydrogen) atoms. The van der Waals surface area contributed by atoms with E-state index in [9.17, 15) is 4.79 Å². The van der Waals surface area contributed by atoms with Crippen molar-refractivity contribution < 1.29 is 33.2 Å². The zero-order chi connectivity index (χ0) is 28.8. The molecule has 3 aromatic carbocycles. The van der Waals surface area contributed by atoms with Crippen molar-refractivity contribution in [3.63, 3.8) is 0 Å². The fourth-order valence-corrected chi connectivity index (χ4v) is 6.37. The van der Waals surface area contributed by atoms with Crippen LogP contribution in [0.15, 0.2) is 42.1 Å². The molecule has 0 spiro atoms. The third-order valence-corrected chi connectivity index (χ3v) is 8.14. The van der Waals surface area contributed by atoms with Crippen LogP contribution in [0.2, 0.25) is 0 Å². The number of amides is 1. The van der Waals surface area contributed by atoms with Crippen molar-refractivity contribution in [3.8, 4) is 34.5 Å². The molecule has 3 aliphatic rings. The van der Waals surface area contributed by atoms with Gasteiger partial charge >= 0.3 is 0 Å². The Morgan fingerprint density at radius 2 is 1.63 bits per heavy atom. The molecule has 1 fully saturated rings. The number of ether oxygens (including phenoxy) is 6.